The first-order valence-electron chi connectivity index (χ1n) is 18.1. The Morgan fingerprint density at radius 1 is 1.06 bits per heavy atom. The van der Waals surface area contributed by atoms with E-state index in [1.807, 2.05) is 27.7 Å². The van der Waals surface area contributed by atoms with Crippen molar-refractivity contribution < 1.29 is 33.5 Å². The van der Waals surface area contributed by atoms with Crippen LogP contribution < -0.4 is 20.7 Å². The van der Waals surface area contributed by atoms with Crippen molar-refractivity contribution in [1.82, 2.24) is 20.9 Å². The summed E-state index contributed by atoms with van der Waals surface area (Å²) in [5, 5.41) is 13.4. The third-order valence-corrected chi connectivity index (χ3v) is 10.4. The van der Waals surface area contributed by atoms with E-state index in [4.69, 9.17) is 21.2 Å². The number of likely N-dealkylation sites (tertiary alicyclic amines) is 1. The van der Waals surface area contributed by atoms with E-state index in [-0.39, 0.29) is 43.7 Å². The second-order valence-corrected chi connectivity index (χ2v) is 16.0. The van der Waals surface area contributed by atoms with Gasteiger partial charge in [0.15, 0.2) is 5.60 Å². The normalized spacial score (nSPS) is 23.4. The summed E-state index contributed by atoms with van der Waals surface area (Å²) in [5.74, 6) is -1.77. The van der Waals surface area contributed by atoms with Crippen molar-refractivity contribution in [1.29, 1.82) is 0 Å². The summed E-state index contributed by atoms with van der Waals surface area (Å²) in [4.78, 5) is 75.6. The number of ketones is 1. The second-order valence-electron chi connectivity index (χ2n) is 15.6. The number of nitrogens with one attached hydrogen (secondary N) is 3. The number of rotatable bonds is 13. The molecule has 0 aromatic heterocycles. The fourth-order valence-electron chi connectivity index (χ4n) is 7.29. The fraction of sp³-hybridized carbons (Fsp3) is 0.676. The van der Waals surface area contributed by atoms with Crippen molar-refractivity contribution in [3.8, 4) is 5.75 Å². The van der Waals surface area contributed by atoms with Crippen LogP contribution >= 0.6 is 11.6 Å². The molecule has 1 aromatic rings. The highest BCUT2D eigenvalue weighted by Gasteiger charge is 2.55. The van der Waals surface area contributed by atoms with Crippen molar-refractivity contribution in [2.45, 2.75) is 135 Å². The predicted octanol–water partition coefficient (Wildman–Crippen LogP) is 4.45. The van der Waals surface area contributed by atoms with E-state index in [2.05, 4.69) is 21.1 Å². The molecule has 1 spiro atoms. The number of amides is 4. The molecule has 0 radical (unpaired) electrons. The number of hydrogen-bond donors (Lipinski definition) is 3. The van der Waals surface area contributed by atoms with Gasteiger partial charge in [-0.05, 0) is 61.6 Å². The SMILES string of the molecule is CCC[C@H](NC(=O)[C@@H]1C[C@]2(CC(c3cc(Cl)cc(OC)c3)=NO2)CN1C(=O)[C@@H](NC(=O)CC1CCCCC1)C(C)(C)C)C(=O)C(=O)NC1CC1. The molecule has 0 bridgehead atoms. The van der Waals surface area contributed by atoms with Crippen LogP contribution in [0, 0.1) is 11.3 Å². The molecule has 2 heterocycles. The van der Waals surface area contributed by atoms with Crippen molar-refractivity contribution >= 4 is 46.7 Å². The standard InChI is InChI=1S/C37H52ClN5O7/c1-6-10-27(31(45)34(47)39-25-13-14-25)40-33(46)29-20-37(19-28(42-50-37)23-16-24(38)18-26(17-23)49-5)21-43(29)35(48)32(36(2,3)4)41-30(44)15-22-11-8-7-9-12-22/h16-18,22,25,27,29,32H,6-15,19-21H2,1-5H3,(H,39,47)(H,40,46)(H,41,44)/t27-,29-,32+,37+/m0/s1. The van der Waals surface area contributed by atoms with Gasteiger partial charge in [-0.25, -0.2) is 0 Å². The average molecular weight is 714 g/mol. The number of carbonyl (C=O) groups is 5. The third kappa shape index (κ3) is 9.16. The lowest BCUT2D eigenvalue weighted by molar-refractivity contribution is -0.145. The first-order chi connectivity index (χ1) is 23.7. The van der Waals surface area contributed by atoms with E-state index < -0.39 is 52.6 Å². The number of halogens is 1. The summed E-state index contributed by atoms with van der Waals surface area (Å²) < 4.78 is 5.39. The summed E-state index contributed by atoms with van der Waals surface area (Å²) in [6.07, 6.45) is 8.53. The van der Waals surface area contributed by atoms with Gasteiger partial charge in [-0.3, -0.25) is 24.0 Å². The van der Waals surface area contributed by atoms with Gasteiger partial charge in [0.1, 0.15) is 17.8 Å². The Bertz CT molecular complexity index is 1500. The molecule has 4 atom stereocenters. The molecule has 3 fully saturated rings. The van der Waals surface area contributed by atoms with Crippen LogP contribution in [0.15, 0.2) is 23.4 Å². The fourth-order valence-corrected chi connectivity index (χ4v) is 7.51. The van der Waals surface area contributed by atoms with Crippen LogP contribution in [-0.4, -0.2) is 83.4 Å². The van der Waals surface area contributed by atoms with E-state index in [0.717, 1.165) is 38.5 Å². The highest BCUT2D eigenvalue weighted by molar-refractivity contribution is 6.38. The Labute approximate surface area is 299 Å². The Kier molecular flexibility index (Phi) is 11.8. The summed E-state index contributed by atoms with van der Waals surface area (Å²) in [5.41, 5.74) is -0.462. The Hall–Kier alpha value is -3.67. The summed E-state index contributed by atoms with van der Waals surface area (Å²) >= 11 is 6.35. The number of benzene rings is 1. The van der Waals surface area contributed by atoms with Gasteiger partial charge in [-0.2, -0.15) is 0 Å². The molecule has 2 aliphatic heterocycles. The molecular weight excluding hydrogens is 662 g/mol. The van der Waals surface area contributed by atoms with E-state index in [1.54, 1.807) is 25.3 Å². The maximum Gasteiger partial charge on any atom is 0.289 e. The van der Waals surface area contributed by atoms with Crippen LogP contribution in [0.2, 0.25) is 5.02 Å². The highest BCUT2D eigenvalue weighted by Crippen LogP contribution is 2.41. The molecule has 2 saturated carbocycles. The topological polar surface area (TPSA) is 156 Å². The molecule has 0 unspecified atom stereocenters. The van der Waals surface area contributed by atoms with Gasteiger partial charge in [-0.1, -0.05) is 70.1 Å². The minimum Gasteiger partial charge on any atom is -0.497 e. The van der Waals surface area contributed by atoms with Crippen LogP contribution in [0.3, 0.4) is 0 Å². The number of hydrogen-bond acceptors (Lipinski definition) is 8. The minimum atomic E-state index is -1.05. The first kappa shape index (κ1) is 37.6. The lowest BCUT2D eigenvalue weighted by Gasteiger charge is -2.36. The molecule has 2 aliphatic carbocycles. The molecule has 13 heteroatoms. The Balaban J connectivity index is 1.40. The number of oxime groups is 1. The molecule has 3 N–H and O–H groups in total. The molecule has 12 nitrogen and oxygen atoms in total. The van der Waals surface area contributed by atoms with Crippen LogP contribution in [0.1, 0.15) is 110 Å². The van der Waals surface area contributed by atoms with Gasteiger partial charge in [0.25, 0.3) is 5.91 Å². The van der Waals surface area contributed by atoms with Gasteiger partial charge in [0.05, 0.1) is 25.4 Å². The average Bonchev–Trinajstić information content (AvgIpc) is 3.67. The second kappa shape index (κ2) is 15.7. The zero-order valence-corrected chi connectivity index (χ0v) is 30.7. The van der Waals surface area contributed by atoms with Crippen LogP contribution in [0.25, 0.3) is 0 Å². The lowest BCUT2D eigenvalue weighted by atomic mass is 9.84. The molecule has 4 amide bonds. The number of methoxy groups -OCH3 is 1. The highest BCUT2D eigenvalue weighted by atomic mass is 35.5. The maximum atomic E-state index is 14.6. The van der Waals surface area contributed by atoms with Gasteiger partial charge in [-0.15, -0.1) is 0 Å². The molecule has 4 aliphatic rings. The zero-order chi connectivity index (χ0) is 36.2. The van der Waals surface area contributed by atoms with Crippen molar-refractivity contribution in [3.05, 3.63) is 28.8 Å². The molecule has 5 rings (SSSR count). The van der Waals surface area contributed by atoms with E-state index >= 15 is 0 Å². The van der Waals surface area contributed by atoms with E-state index in [0.29, 0.717) is 34.9 Å². The Morgan fingerprint density at radius 2 is 1.78 bits per heavy atom. The summed E-state index contributed by atoms with van der Waals surface area (Å²) in [7, 11) is 1.54. The van der Waals surface area contributed by atoms with Gasteiger partial charge < -0.3 is 30.4 Å². The molecule has 50 heavy (non-hydrogen) atoms. The summed E-state index contributed by atoms with van der Waals surface area (Å²) in [6.45, 7) is 7.53. The number of carbonyl (C=O) groups excluding carboxylic acids is 5. The number of Topliss-reactive ketones (excluding diaryl/α,β-unsaturated/α-hetero) is 1. The number of nitrogens with zero attached hydrogens (tertiary/aromatic N) is 2. The van der Waals surface area contributed by atoms with Crippen LogP contribution in [0.5, 0.6) is 5.75 Å². The van der Waals surface area contributed by atoms with Crippen LogP contribution in [-0.2, 0) is 28.8 Å². The van der Waals surface area contributed by atoms with Crippen molar-refractivity contribution in [2.75, 3.05) is 13.7 Å². The van der Waals surface area contributed by atoms with Crippen molar-refractivity contribution in [3.63, 3.8) is 0 Å². The van der Waals surface area contributed by atoms with Crippen LogP contribution in [0.4, 0.5) is 0 Å². The minimum absolute atomic E-state index is 0.0111. The predicted molar refractivity (Wildman–Crippen MR) is 189 cm³/mol. The molecule has 1 aromatic carbocycles. The maximum absolute atomic E-state index is 14.6. The number of ether oxygens (including phenoxy) is 1. The molecule has 274 valence electrons. The van der Waals surface area contributed by atoms with Gasteiger partial charge >= 0.3 is 0 Å². The van der Waals surface area contributed by atoms with Gasteiger partial charge in [0.2, 0.25) is 23.5 Å². The monoisotopic (exact) mass is 713 g/mol. The summed E-state index contributed by atoms with van der Waals surface area (Å²) in [6, 6.07) is 2.18. The lowest BCUT2D eigenvalue weighted by Crippen LogP contribution is -2.59. The zero-order valence-electron chi connectivity index (χ0n) is 29.9. The van der Waals surface area contributed by atoms with Gasteiger partial charge in [0, 0.05) is 35.9 Å². The smallest absolute Gasteiger partial charge is 0.289 e. The van der Waals surface area contributed by atoms with E-state index in [1.165, 1.54) is 11.3 Å². The Morgan fingerprint density at radius 3 is 2.42 bits per heavy atom. The van der Waals surface area contributed by atoms with E-state index in [9.17, 15) is 24.0 Å². The first-order valence-corrected chi connectivity index (χ1v) is 18.4. The molecule has 1 saturated heterocycles. The largest absolute Gasteiger partial charge is 0.497 e. The van der Waals surface area contributed by atoms with Crippen molar-refractivity contribution in [2.24, 2.45) is 16.5 Å². The third-order valence-electron chi connectivity index (χ3n) is 10.2. The molecular formula is C37H52ClN5O7. The quantitative estimate of drug-likeness (QED) is 0.255.